The summed E-state index contributed by atoms with van der Waals surface area (Å²) in [4.78, 5) is 15.4. The maximum absolute atomic E-state index is 11.1. The highest BCUT2D eigenvalue weighted by molar-refractivity contribution is 5.68. The first-order valence-electron chi connectivity index (χ1n) is 8.12. The number of carboxylic acid groups (broad SMARTS) is 1. The molecule has 2 aromatic rings. The lowest BCUT2D eigenvalue weighted by Gasteiger charge is -2.27. The molecular weight excluding hydrogens is 304 g/mol. The van der Waals surface area contributed by atoms with Crippen molar-refractivity contribution in [1.29, 1.82) is 0 Å². The van der Waals surface area contributed by atoms with Crippen molar-refractivity contribution in [3.63, 3.8) is 0 Å². The largest absolute Gasteiger partial charge is 0.478 e. The molecule has 0 radical (unpaired) electrons. The molecule has 0 fully saturated rings. The van der Waals surface area contributed by atoms with Gasteiger partial charge in [-0.15, -0.1) is 0 Å². The molecule has 0 aliphatic heterocycles. The zero-order chi connectivity index (χ0) is 17.3. The molecule has 1 amide bonds. The molecule has 5 heteroatoms. The van der Waals surface area contributed by atoms with Crippen molar-refractivity contribution in [3.05, 3.63) is 47.7 Å². The number of hydrogen-bond donors (Lipinski definition) is 2. The van der Waals surface area contributed by atoms with Gasteiger partial charge < -0.3 is 15.2 Å². The van der Waals surface area contributed by atoms with Crippen LogP contribution in [0.5, 0.6) is 5.88 Å². The summed E-state index contributed by atoms with van der Waals surface area (Å²) in [5, 5.41) is 11.8. The van der Waals surface area contributed by atoms with E-state index in [1.165, 1.54) is 5.56 Å². The van der Waals surface area contributed by atoms with Crippen molar-refractivity contribution in [1.82, 2.24) is 10.3 Å². The molecule has 24 heavy (non-hydrogen) atoms. The minimum atomic E-state index is -0.985. The van der Waals surface area contributed by atoms with Gasteiger partial charge in [-0.25, -0.2) is 9.78 Å². The van der Waals surface area contributed by atoms with Crippen LogP contribution in [0.2, 0.25) is 0 Å². The average molecular weight is 326 g/mol. The smallest absolute Gasteiger partial charge is 0.405 e. The number of fused-ring (bicyclic) bond motifs is 1. The number of benzene rings is 1. The average Bonchev–Trinajstić information content (AvgIpc) is 2.77. The summed E-state index contributed by atoms with van der Waals surface area (Å²) in [5.74, 6) is 0.620. The molecule has 0 saturated heterocycles. The van der Waals surface area contributed by atoms with Crippen LogP contribution in [0.1, 0.15) is 37.9 Å². The van der Waals surface area contributed by atoms with Gasteiger partial charge in [-0.2, -0.15) is 0 Å². The zero-order valence-corrected chi connectivity index (χ0v) is 14.2. The van der Waals surface area contributed by atoms with E-state index in [2.05, 4.69) is 30.2 Å². The van der Waals surface area contributed by atoms with Crippen LogP contribution in [-0.2, 0) is 6.42 Å². The summed E-state index contributed by atoms with van der Waals surface area (Å²) in [7, 11) is 0. The number of aromatic nitrogens is 1. The van der Waals surface area contributed by atoms with Crippen LogP contribution in [0, 0.1) is 5.41 Å². The molecular formula is C19H22N2O3. The van der Waals surface area contributed by atoms with Crippen molar-refractivity contribution in [3.8, 4) is 17.0 Å². The summed E-state index contributed by atoms with van der Waals surface area (Å²) >= 11 is 0. The fourth-order valence-electron chi connectivity index (χ4n) is 3.41. The lowest BCUT2D eigenvalue weighted by atomic mass is 9.85. The Morgan fingerprint density at radius 3 is 2.71 bits per heavy atom. The first-order chi connectivity index (χ1) is 11.4. The van der Waals surface area contributed by atoms with Gasteiger partial charge in [0.1, 0.15) is 0 Å². The second-order valence-electron chi connectivity index (χ2n) is 6.78. The quantitative estimate of drug-likeness (QED) is 0.889. The highest BCUT2D eigenvalue weighted by Gasteiger charge is 2.39. The van der Waals surface area contributed by atoms with Gasteiger partial charge in [0.05, 0.1) is 12.6 Å². The molecule has 1 aliphatic rings. The van der Waals surface area contributed by atoms with E-state index in [1.807, 2.05) is 31.2 Å². The van der Waals surface area contributed by atoms with Gasteiger partial charge in [-0.3, -0.25) is 0 Å². The summed E-state index contributed by atoms with van der Waals surface area (Å²) in [6.07, 6.45) is 1.66. The number of amides is 1. The Hall–Kier alpha value is -2.56. The molecule has 1 heterocycles. The zero-order valence-electron chi connectivity index (χ0n) is 14.2. The third-order valence-corrected chi connectivity index (χ3v) is 4.51. The lowest BCUT2D eigenvalue weighted by molar-refractivity contribution is 0.175. The predicted molar refractivity (Wildman–Crippen MR) is 92.2 cm³/mol. The van der Waals surface area contributed by atoms with E-state index in [-0.39, 0.29) is 11.5 Å². The van der Waals surface area contributed by atoms with Gasteiger partial charge in [0.2, 0.25) is 5.88 Å². The molecule has 1 aliphatic carbocycles. The molecule has 0 saturated carbocycles. The van der Waals surface area contributed by atoms with Crippen molar-refractivity contribution < 1.29 is 14.6 Å². The van der Waals surface area contributed by atoms with Crippen molar-refractivity contribution in [2.24, 2.45) is 5.41 Å². The minimum Gasteiger partial charge on any atom is -0.478 e. The van der Waals surface area contributed by atoms with Gasteiger partial charge in [-0.1, -0.05) is 32.0 Å². The first kappa shape index (κ1) is 16.3. The molecule has 126 valence electrons. The first-order valence-corrected chi connectivity index (χ1v) is 8.12. The van der Waals surface area contributed by atoms with Gasteiger partial charge in [0.15, 0.2) is 0 Å². The van der Waals surface area contributed by atoms with Crippen molar-refractivity contribution >= 4 is 6.09 Å². The summed E-state index contributed by atoms with van der Waals surface area (Å²) in [5.41, 5.74) is 4.20. The third kappa shape index (κ3) is 3.07. The van der Waals surface area contributed by atoms with E-state index >= 15 is 0 Å². The molecule has 0 spiro atoms. The number of nitrogens with zero attached hydrogens (tertiary/aromatic N) is 1. The van der Waals surface area contributed by atoms with E-state index < -0.39 is 6.09 Å². The number of carbonyl (C=O) groups is 1. The van der Waals surface area contributed by atoms with E-state index in [1.54, 1.807) is 6.20 Å². The second kappa shape index (κ2) is 6.15. The van der Waals surface area contributed by atoms with E-state index in [0.29, 0.717) is 12.5 Å². The van der Waals surface area contributed by atoms with Crippen molar-refractivity contribution in [2.45, 2.75) is 33.2 Å². The highest BCUT2D eigenvalue weighted by Crippen LogP contribution is 2.46. The monoisotopic (exact) mass is 326 g/mol. The van der Waals surface area contributed by atoms with Gasteiger partial charge >= 0.3 is 6.09 Å². The maximum Gasteiger partial charge on any atom is 0.405 e. The summed E-state index contributed by atoms with van der Waals surface area (Å²) < 4.78 is 5.37. The van der Waals surface area contributed by atoms with Crippen LogP contribution >= 0.6 is 0 Å². The minimum absolute atomic E-state index is 0.142. The Bertz CT molecular complexity index is 754. The number of rotatable bonds is 4. The number of nitrogens with one attached hydrogen (secondary N) is 1. The summed E-state index contributed by atoms with van der Waals surface area (Å²) in [6, 6.07) is 9.86. The maximum atomic E-state index is 11.1. The second-order valence-corrected chi connectivity index (χ2v) is 6.78. The predicted octanol–water partition coefficient (Wildman–Crippen LogP) is 4.04. The molecule has 1 atom stereocenters. The Balaban J connectivity index is 1.91. The Kier molecular flexibility index (Phi) is 4.18. The van der Waals surface area contributed by atoms with Gasteiger partial charge in [-0.05, 0) is 41.5 Å². The Morgan fingerprint density at radius 1 is 1.33 bits per heavy atom. The van der Waals surface area contributed by atoms with E-state index in [0.717, 1.165) is 23.1 Å². The topological polar surface area (TPSA) is 71.5 Å². The van der Waals surface area contributed by atoms with Gasteiger partial charge in [0, 0.05) is 17.8 Å². The van der Waals surface area contributed by atoms with Crippen LogP contribution in [0.15, 0.2) is 36.5 Å². The van der Waals surface area contributed by atoms with Crippen LogP contribution < -0.4 is 10.1 Å². The molecule has 1 aromatic heterocycles. The molecule has 3 rings (SSSR count). The van der Waals surface area contributed by atoms with Crippen LogP contribution in [0.4, 0.5) is 4.79 Å². The molecule has 1 unspecified atom stereocenters. The fraction of sp³-hybridized carbons (Fsp3) is 0.368. The number of ether oxygens (including phenoxy) is 1. The molecule has 2 N–H and O–H groups in total. The molecule has 0 bridgehead atoms. The van der Waals surface area contributed by atoms with Crippen LogP contribution in [-0.4, -0.2) is 22.8 Å². The normalized spacial score (nSPS) is 18.0. The standard InChI is InChI=1S/C19H22N2O3/c1-4-24-16-8-6-13(11-20-16)12-5-7-15-14(9-12)10-19(2,3)17(15)21-18(22)23/h5-9,11,17,21H,4,10H2,1-3H3,(H,22,23). The third-order valence-electron chi connectivity index (χ3n) is 4.51. The van der Waals surface area contributed by atoms with Crippen LogP contribution in [0.25, 0.3) is 11.1 Å². The SMILES string of the molecule is CCOc1ccc(-c2ccc3c(c2)CC(C)(C)C3NC(=O)O)cn1. The Labute approximate surface area is 141 Å². The lowest BCUT2D eigenvalue weighted by Crippen LogP contribution is -2.34. The van der Waals surface area contributed by atoms with E-state index in [9.17, 15) is 4.79 Å². The van der Waals surface area contributed by atoms with Crippen molar-refractivity contribution in [2.75, 3.05) is 6.61 Å². The van der Waals surface area contributed by atoms with E-state index in [4.69, 9.17) is 9.84 Å². The summed E-state index contributed by atoms with van der Waals surface area (Å²) in [6.45, 7) is 6.70. The number of pyridine rings is 1. The number of hydrogen-bond acceptors (Lipinski definition) is 3. The van der Waals surface area contributed by atoms with Crippen LogP contribution in [0.3, 0.4) is 0 Å². The van der Waals surface area contributed by atoms with Gasteiger partial charge in [0.25, 0.3) is 0 Å². The molecule has 5 nitrogen and oxygen atoms in total. The fourth-order valence-corrected chi connectivity index (χ4v) is 3.41. The highest BCUT2D eigenvalue weighted by atomic mass is 16.5. The molecule has 1 aromatic carbocycles. The Morgan fingerprint density at radius 2 is 2.08 bits per heavy atom.